The fourth-order valence-electron chi connectivity index (χ4n) is 2.00. The lowest BCUT2D eigenvalue weighted by molar-refractivity contribution is 0.00578. The maximum atomic E-state index is 5.96. The molecule has 0 aromatic rings. The number of hydrogen-bond acceptors (Lipinski definition) is 4. The molecule has 2 saturated heterocycles. The predicted octanol–water partition coefficient (Wildman–Crippen LogP) is 4.06. The van der Waals surface area contributed by atoms with Gasteiger partial charge in [-0.05, 0) is 62.3 Å². The molecule has 0 unspecified atom stereocenters. The summed E-state index contributed by atoms with van der Waals surface area (Å²) in [7, 11) is -0.952. The number of hydrogen-bond donors (Lipinski definition) is 0. The molecule has 22 heavy (non-hydrogen) atoms. The van der Waals surface area contributed by atoms with Crippen LogP contribution in [-0.4, -0.2) is 41.3 Å². The molecule has 2 fully saturated rings. The number of alkyl halides is 2. The summed E-state index contributed by atoms with van der Waals surface area (Å²) in [5.41, 5.74) is -1.44. The molecule has 0 bridgehead atoms. The van der Waals surface area contributed by atoms with E-state index in [0.29, 0.717) is 0 Å². The Bertz CT molecular complexity index is 332. The van der Waals surface area contributed by atoms with Crippen LogP contribution in [0.4, 0.5) is 0 Å². The number of halogens is 2. The Labute approximate surface area is 145 Å². The van der Waals surface area contributed by atoms with Crippen LogP contribution >= 0.6 is 23.2 Å². The average molecular weight is 353 g/mol. The lowest BCUT2D eigenvalue weighted by Crippen LogP contribution is -2.41. The van der Waals surface area contributed by atoms with Gasteiger partial charge in [0, 0.05) is 0 Å². The van der Waals surface area contributed by atoms with E-state index < -0.39 is 14.0 Å². The molecule has 2 heterocycles. The summed E-state index contributed by atoms with van der Waals surface area (Å²) < 4.78 is 23.8. The SMILES string of the molecule is CC(Cl)Cl.CC1(C)OB(B2OC(C)(C)C(C)(C)O2)OC1(C)C. The van der Waals surface area contributed by atoms with E-state index in [9.17, 15) is 0 Å². The van der Waals surface area contributed by atoms with Gasteiger partial charge < -0.3 is 18.6 Å². The highest BCUT2D eigenvalue weighted by Gasteiger charge is 2.63. The number of rotatable bonds is 1. The minimum Gasteiger partial charge on any atom is -0.405 e. The molecule has 0 aromatic heterocycles. The molecule has 0 saturated carbocycles. The van der Waals surface area contributed by atoms with Crippen molar-refractivity contribution >= 4 is 37.2 Å². The highest BCUT2D eigenvalue weighted by atomic mass is 35.5. The standard InChI is InChI=1S/C12H24B2O4.C2H4Cl2/c1-9(2)10(3,4)16-13(15-9)14-17-11(5,6)12(7,8)18-14;1-2(3)4/h1-8H3;2H,1H3. The van der Waals surface area contributed by atoms with Gasteiger partial charge in [0.25, 0.3) is 0 Å². The van der Waals surface area contributed by atoms with E-state index in [1.165, 1.54) is 0 Å². The van der Waals surface area contributed by atoms with E-state index in [4.69, 9.17) is 41.8 Å². The van der Waals surface area contributed by atoms with Gasteiger partial charge in [0.15, 0.2) is 0 Å². The minimum absolute atomic E-state index is 0.222. The molecule has 2 aliphatic heterocycles. The van der Waals surface area contributed by atoms with Gasteiger partial charge in [0.1, 0.15) is 4.84 Å². The lowest BCUT2D eigenvalue weighted by Gasteiger charge is -2.32. The lowest BCUT2D eigenvalue weighted by atomic mass is 9.49. The summed E-state index contributed by atoms with van der Waals surface area (Å²) in [6, 6.07) is 0. The third-order valence-corrected chi connectivity index (χ3v) is 4.77. The quantitative estimate of drug-likeness (QED) is 0.526. The third kappa shape index (κ3) is 4.34. The molecular weight excluding hydrogens is 325 g/mol. The van der Waals surface area contributed by atoms with Gasteiger partial charge >= 0.3 is 14.0 Å². The molecule has 4 nitrogen and oxygen atoms in total. The van der Waals surface area contributed by atoms with Gasteiger partial charge in [-0.2, -0.15) is 0 Å². The molecular formula is C14H28B2Cl2O4. The Morgan fingerprint density at radius 3 is 0.864 bits per heavy atom. The Hall–Kier alpha value is 0.550. The first-order chi connectivity index (χ1) is 9.61. The molecule has 0 N–H and O–H groups in total. The van der Waals surface area contributed by atoms with Crippen molar-refractivity contribution in [1.29, 1.82) is 0 Å². The van der Waals surface area contributed by atoms with E-state index in [1.807, 2.05) is 55.4 Å². The van der Waals surface area contributed by atoms with Crippen molar-refractivity contribution in [2.75, 3.05) is 0 Å². The summed E-state index contributed by atoms with van der Waals surface area (Å²) in [4.78, 5) is -0.222. The fourth-order valence-corrected chi connectivity index (χ4v) is 2.00. The van der Waals surface area contributed by atoms with Crippen LogP contribution in [0.15, 0.2) is 0 Å². The van der Waals surface area contributed by atoms with E-state index in [-0.39, 0.29) is 27.2 Å². The first-order valence-electron chi connectivity index (χ1n) is 7.61. The van der Waals surface area contributed by atoms with E-state index >= 15 is 0 Å². The molecule has 8 heteroatoms. The Balaban J connectivity index is 0.000000541. The van der Waals surface area contributed by atoms with E-state index in [1.54, 1.807) is 6.92 Å². The van der Waals surface area contributed by atoms with Crippen molar-refractivity contribution in [2.45, 2.75) is 89.6 Å². The Kier molecular flexibility index (Phi) is 6.04. The molecule has 0 spiro atoms. The van der Waals surface area contributed by atoms with Gasteiger partial charge in [0.05, 0.1) is 22.4 Å². The van der Waals surface area contributed by atoms with Crippen molar-refractivity contribution in [2.24, 2.45) is 0 Å². The maximum Gasteiger partial charge on any atom is 0.488 e. The Morgan fingerprint density at radius 1 is 0.591 bits per heavy atom. The van der Waals surface area contributed by atoms with Crippen molar-refractivity contribution in [1.82, 2.24) is 0 Å². The fraction of sp³-hybridized carbons (Fsp3) is 1.00. The summed E-state index contributed by atoms with van der Waals surface area (Å²) in [6.07, 6.45) is 0. The molecule has 0 atom stereocenters. The van der Waals surface area contributed by atoms with Crippen molar-refractivity contribution < 1.29 is 18.6 Å². The average Bonchev–Trinajstić information content (AvgIpc) is 2.57. The second-order valence-corrected chi connectivity index (χ2v) is 9.30. The van der Waals surface area contributed by atoms with Crippen LogP contribution in [0, 0.1) is 0 Å². The maximum absolute atomic E-state index is 5.96. The van der Waals surface area contributed by atoms with Crippen LogP contribution in [0.3, 0.4) is 0 Å². The normalized spacial score (nSPS) is 27.8. The van der Waals surface area contributed by atoms with Crippen LogP contribution in [0.25, 0.3) is 0 Å². The van der Waals surface area contributed by atoms with Gasteiger partial charge in [-0.3, -0.25) is 0 Å². The zero-order valence-corrected chi connectivity index (χ0v) is 16.6. The molecule has 0 aromatic carbocycles. The molecule has 128 valence electrons. The van der Waals surface area contributed by atoms with Gasteiger partial charge in [-0.15, -0.1) is 23.2 Å². The van der Waals surface area contributed by atoms with Crippen LogP contribution in [0.5, 0.6) is 0 Å². The van der Waals surface area contributed by atoms with E-state index in [2.05, 4.69) is 0 Å². The summed E-state index contributed by atoms with van der Waals surface area (Å²) in [5.74, 6) is 0. The van der Waals surface area contributed by atoms with Crippen molar-refractivity contribution in [3.8, 4) is 0 Å². The first-order valence-corrected chi connectivity index (χ1v) is 8.48. The highest BCUT2D eigenvalue weighted by Crippen LogP contribution is 2.42. The summed E-state index contributed by atoms with van der Waals surface area (Å²) >= 11 is 10.1. The van der Waals surface area contributed by atoms with Crippen LogP contribution in [0.2, 0.25) is 0 Å². The highest BCUT2D eigenvalue weighted by molar-refractivity contribution is 7.11. The molecule has 2 rings (SSSR count). The topological polar surface area (TPSA) is 36.9 Å². The third-order valence-electron chi connectivity index (χ3n) is 4.77. The largest absolute Gasteiger partial charge is 0.488 e. The van der Waals surface area contributed by atoms with Gasteiger partial charge in [-0.1, -0.05) is 0 Å². The molecule has 0 amide bonds. The minimum atomic E-state index is -0.476. The Morgan fingerprint density at radius 2 is 0.727 bits per heavy atom. The van der Waals surface area contributed by atoms with E-state index in [0.717, 1.165) is 0 Å². The monoisotopic (exact) mass is 352 g/mol. The van der Waals surface area contributed by atoms with Crippen molar-refractivity contribution in [3.63, 3.8) is 0 Å². The van der Waals surface area contributed by atoms with Gasteiger partial charge in [0.2, 0.25) is 0 Å². The first kappa shape index (κ1) is 20.6. The second-order valence-electron chi connectivity index (χ2n) is 7.77. The zero-order chi connectivity index (χ0) is 17.6. The zero-order valence-electron chi connectivity index (χ0n) is 15.1. The molecule has 0 aliphatic carbocycles. The second kappa shape index (κ2) is 6.45. The van der Waals surface area contributed by atoms with Crippen molar-refractivity contribution in [3.05, 3.63) is 0 Å². The van der Waals surface area contributed by atoms with Crippen LogP contribution in [-0.2, 0) is 18.6 Å². The predicted molar refractivity (Wildman–Crippen MR) is 93.3 cm³/mol. The summed E-state index contributed by atoms with van der Waals surface area (Å²) in [6.45, 7) is 17.9. The van der Waals surface area contributed by atoms with Crippen LogP contribution < -0.4 is 0 Å². The van der Waals surface area contributed by atoms with Gasteiger partial charge in [-0.25, -0.2) is 0 Å². The summed E-state index contributed by atoms with van der Waals surface area (Å²) in [5, 5.41) is 0. The molecule has 2 aliphatic rings. The smallest absolute Gasteiger partial charge is 0.405 e. The van der Waals surface area contributed by atoms with Crippen LogP contribution in [0.1, 0.15) is 62.3 Å². The molecule has 0 radical (unpaired) electrons.